The van der Waals surface area contributed by atoms with Crippen molar-refractivity contribution in [2.24, 2.45) is 12.8 Å². The topological polar surface area (TPSA) is 81.1 Å². The van der Waals surface area contributed by atoms with Crippen LogP contribution in [0.25, 0.3) is 11.0 Å². The average molecular weight is 284 g/mol. The van der Waals surface area contributed by atoms with Crippen LogP contribution in [0.3, 0.4) is 0 Å². The van der Waals surface area contributed by atoms with E-state index >= 15 is 0 Å². The first-order valence-corrected chi connectivity index (χ1v) is 5.39. The van der Waals surface area contributed by atoms with Gasteiger partial charge in [0.25, 0.3) is 0 Å². The van der Waals surface area contributed by atoms with E-state index in [9.17, 15) is 4.79 Å². The van der Waals surface area contributed by atoms with Crippen molar-refractivity contribution in [3.8, 4) is 0 Å². The van der Waals surface area contributed by atoms with Gasteiger partial charge in [-0.2, -0.15) is 0 Å². The van der Waals surface area contributed by atoms with Gasteiger partial charge in [0, 0.05) is 23.4 Å². The van der Waals surface area contributed by atoms with Gasteiger partial charge in [-0.15, -0.1) is 0 Å². The summed E-state index contributed by atoms with van der Waals surface area (Å²) in [6, 6.07) is 2.54. The molecule has 1 atom stereocenters. The van der Waals surface area contributed by atoms with Crippen LogP contribution in [0.15, 0.2) is 22.8 Å². The van der Waals surface area contributed by atoms with Crippen LogP contribution in [-0.2, 0) is 11.8 Å². The quantitative estimate of drug-likeness (QED) is 0.873. The van der Waals surface area contributed by atoms with Crippen molar-refractivity contribution in [3.63, 3.8) is 0 Å². The number of hydrogen-bond acceptors (Lipinski definition) is 3. The Bertz CT molecular complexity index is 564. The molecule has 0 saturated heterocycles. The highest BCUT2D eigenvalue weighted by Crippen LogP contribution is 2.23. The van der Waals surface area contributed by atoms with Crippen molar-refractivity contribution < 1.29 is 9.90 Å². The maximum atomic E-state index is 10.8. The minimum atomic E-state index is -1.05. The van der Waals surface area contributed by atoms with E-state index < -0.39 is 12.0 Å². The zero-order valence-electron chi connectivity index (χ0n) is 8.51. The van der Waals surface area contributed by atoms with Gasteiger partial charge in [0.1, 0.15) is 6.04 Å². The fraction of sp³-hybridized carbons (Fsp3) is 0.200. The van der Waals surface area contributed by atoms with Gasteiger partial charge in [0.15, 0.2) is 0 Å². The van der Waals surface area contributed by atoms with Crippen molar-refractivity contribution >= 4 is 32.9 Å². The highest BCUT2D eigenvalue weighted by atomic mass is 79.9. The number of carboxylic acid groups (broad SMARTS) is 1. The van der Waals surface area contributed by atoms with Crippen LogP contribution in [-0.4, -0.2) is 20.6 Å². The molecule has 0 aliphatic rings. The number of aryl methyl sites for hydroxylation is 1. The third-order valence-electron chi connectivity index (χ3n) is 2.48. The summed E-state index contributed by atoms with van der Waals surface area (Å²) in [4.78, 5) is 15.0. The van der Waals surface area contributed by atoms with Gasteiger partial charge in [-0.25, -0.2) is 0 Å². The van der Waals surface area contributed by atoms with Crippen molar-refractivity contribution in [1.82, 2.24) is 9.55 Å². The molecule has 16 heavy (non-hydrogen) atoms. The normalized spacial score (nSPS) is 12.9. The molecule has 0 bridgehead atoms. The molecule has 0 saturated carbocycles. The Kier molecular flexibility index (Phi) is 2.69. The summed E-state index contributed by atoms with van der Waals surface area (Å²) >= 11 is 3.32. The number of fused-ring (bicyclic) bond motifs is 1. The van der Waals surface area contributed by atoms with Crippen LogP contribution in [0.4, 0.5) is 0 Å². The summed E-state index contributed by atoms with van der Waals surface area (Å²) < 4.78 is 2.59. The molecule has 6 heteroatoms. The van der Waals surface area contributed by atoms with E-state index in [2.05, 4.69) is 20.9 Å². The summed E-state index contributed by atoms with van der Waals surface area (Å²) in [6.45, 7) is 0. The summed E-state index contributed by atoms with van der Waals surface area (Å²) in [6.07, 6.45) is 1.67. The lowest BCUT2D eigenvalue weighted by atomic mass is 10.2. The molecule has 1 unspecified atom stereocenters. The van der Waals surface area contributed by atoms with E-state index in [0.717, 1.165) is 15.5 Å². The van der Waals surface area contributed by atoms with E-state index in [1.807, 2.05) is 6.07 Å². The van der Waals surface area contributed by atoms with E-state index in [0.29, 0.717) is 5.69 Å². The van der Waals surface area contributed by atoms with Crippen molar-refractivity contribution in [2.75, 3.05) is 0 Å². The summed E-state index contributed by atoms with van der Waals surface area (Å²) in [5, 5.41) is 8.87. The second-order valence-electron chi connectivity index (χ2n) is 3.50. The number of aliphatic carboxylic acids is 1. The minimum Gasteiger partial charge on any atom is -0.480 e. The number of aromatic nitrogens is 2. The van der Waals surface area contributed by atoms with Crippen molar-refractivity contribution in [1.29, 1.82) is 0 Å². The minimum absolute atomic E-state index is 0.535. The van der Waals surface area contributed by atoms with Gasteiger partial charge < -0.3 is 15.4 Å². The third-order valence-corrected chi connectivity index (χ3v) is 2.92. The molecule has 0 aromatic carbocycles. The summed E-state index contributed by atoms with van der Waals surface area (Å²) in [5.74, 6) is -1.05. The predicted octanol–water partition coefficient (Wildman–Crippen LogP) is 1.42. The van der Waals surface area contributed by atoms with Gasteiger partial charge in [0.05, 0.1) is 11.0 Å². The molecule has 0 aliphatic carbocycles. The number of carbonyl (C=O) groups is 1. The second-order valence-corrected chi connectivity index (χ2v) is 4.42. The summed E-state index contributed by atoms with van der Waals surface area (Å²) in [5.41, 5.74) is 7.70. The number of pyridine rings is 1. The second kappa shape index (κ2) is 3.88. The number of rotatable bonds is 2. The Labute approximate surface area is 100 Å². The molecule has 0 radical (unpaired) electrons. The smallest absolute Gasteiger partial charge is 0.326 e. The van der Waals surface area contributed by atoms with Gasteiger partial charge >= 0.3 is 5.97 Å². The Hall–Kier alpha value is -1.40. The molecule has 0 aliphatic heterocycles. The van der Waals surface area contributed by atoms with Crippen LogP contribution >= 0.6 is 15.9 Å². The standard InChI is InChI=1S/C10H10BrN3O2/c1-14-7-2-5(11)4-13-6(7)3-8(14)9(12)10(15)16/h2-4,9H,12H2,1H3,(H,15,16). The van der Waals surface area contributed by atoms with E-state index in [1.54, 1.807) is 23.9 Å². The molecule has 2 rings (SSSR count). The molecule has 5 nitrogen and oxygen atoms in total. The van der Waals surface area contributed by atoms with Gasteiger partial charge in [-0.3, -0.25) is 9.78 Å². The predicted molar refractivity (Wildman–Crippen MR) is 63.0 cm³/mol. The lowest BCUT2D eigenvalue weighted by Gasteiger charge is -2.07. The molecule has 2 aromatic heterocycles. The number of hydrogen-bond donors (Lipinski definition) is 2. The fourth-order valence-corrected chi connectivity index (χ4v) is 1.94. The van der Waals surface area contributed by atoms with Crippen LogP contribution in [0.5, 0.6) is 0 Å². The molecule has 3 N–H and O–H groups in total. The van der Waals surface area contributed by atoms with Crippen molar-refractivity contribution in [2.45, 2.75) is 6.04 Å². The highest BCUT2D eigenvalue weighted by Gasteiger charge is 2.19. The monoisotopic (exact) mass is 283 g/mol. The largest absolute Gasteiger partial charge is 0.480 e. The molecule has 2 heterocycles. The first kappa shape index (κ1) is 11.1. The van der Waals surface area contributed by atoms with E-state index in [1.165, 1.54) is 0 Å². The van der Waals surface area contributed by atoms with Crippen LogP contribution < -0.4 is 5.73 Å². The third kappa shape index (κ3) is 1.70. The highest BCUT2D eigenvalue weighted by molar-refractivity contribution is 9.10. The average Bonchev–Trinajstić information content (AvgIpc) is 2.55. The van der Waals surface area contributed by atoms with Gasteiger partial charge in [-0.1, -0.05) is 0 Å². The number of nitrogens with two attached hydrogens (primary N) is 1. The zero-order chi connectivity index (χ0) is 11.9. The fourth-order valence-electron chi connectivity index (χ4n) is 1.62. The maximum absolute atomic E-state index is 10.8. The molecule has 0 amide bonds. The Morgan fingerprint density at radius 2 is 2.31 bits per heavy atom. The first-order valence-electron chi connectivity index (χ1n) is 4.60. The zero-order valence-corrected chi connectivity index (χ0v) is 10.1. The lowest BCUT2D eigenvalue weighted by molar-refractivity contribution is -0.138. The molecule has 84 valence electrons. The van der Waals surface area contributed by atoms with E-state index in [-0.39, 0.29) is 0 Å². The molecule has 2 aromatic rings. The molecule has 0 fully saturated rings. The molecular weight excluding hydrogens is 274 g/mol. The van der Waals surface area contributed by atoms with Gasteiger partial charge in [-0.05, 0) is 28.1 Å². The van der Waals surface area contributed by atoms with Crippen LogP contribution in [0, 0.1) is 0 Å². The maximum Gasteiger partial charge on any atom is 0.326 e. The number of nitrogens with zero attached hydrogens (tertiary/aromatic N) is 2. The number of carboxylic acids is 1. The van der Waals surface area contributed by atoms with Gasteiger partial charge in [0.2, 0.25) is 0 Å². The Morgan fingerprint density at radius 3 is 2.94 bits per heavy atom. The van der Waals surface area contributed by atoms with Crippen molar-refractivity contribution in [3.05, 3.63) is 28.5 Å². The Morgan fingerprint density at radius 1 is 1.62 bits per heavy atom. The lowest BCUT2D eigenvalue weighted by Crippen LogP contribution is -2.22. The molecule has 0 spiro atoms. The Balaban J connectivity index is 2.64. The number of halogens is 1. The SMILES string of the molecule is Cn1c(C(N)C(=O)O)cc2ncc(Br)cc21. The van der Waals surface area contributed by atoms with Crippen LogP contribution in [0.1, 0.15) is 11.7 Å². The van der Waals surface area contributed by atoms with E-state index in [4.69, 9.17) is 10.8 Å². The summed E-state index contributed by atoms with van der Waals surface area (Å²) in [7, 11) is 1.77. The first-order chi connectivity index (χ1) is 7.50. The molecular formula is C10H10BrN3O2. The van der Waals surface area contributed by atoms with Crippen LogP contribution in [0.2, 0.25) is 0 Å².